The number of benzene rings is 1. The van der Waals surface area contributed by atoms with Crippen LogP contribution in [0.25, 0.3) is 0 Å². The van der Waals surface area contributed by atoms with Crippen LogP contribution in [0, 0.1) is 0 Å². The summed E-state index contributed by atoms with van der Waals surface area (Å²) in [6, 6.07) is 4.42. The van der Waals surface area contributed by atoms with Gasteiger partial charge in [-0.15, -0.1) is 25.6 Å². The molecule has 8 heteroatoms. The van der Waals surface area contributed by atoms with Crippen molar-refractivity contribution < 1.29 is 27.4 Å². The van der Waals surface area contributed by atoms with E-state index in [0.29, 0.717) is 0 Å². The van der Waals surface area contributed by atoms with Gasteiger partial charge in [0.1, 0.15) is 11.5 Å². The van der Waals surface area contributed by atoms with E-state index in [1.54, 1.807) is 0 Å². The molecule has 1 aromatic carbocycles. The summed E-state index contributed by atoms with van der Waals surface area (Å²) >= 11 is 0. The van der Waals surface area contributed by atoms with E-state index < -0.39 is 12.3 Å². The Hall–Kier alpha value is -1.47. The normalized spacial score (nSPS) is 10.4. The molecule has 0 heterocycles. The number of carbonyl (C=O) groups is 1. The summed E-state index contributed by atoms with van der Waals surface area (Å²) in [5.41, 5.74) is 4.99. The lowest BCUT2D eigenvalue weighted by molar-refractivity contribution is -0.274. The first-order valence-corrected chi connectivity index (χ1v) is 4.17. The van der Waals surface area contributed by atoms with Gasteiger partial charge < -0.3 is 15.2 Å². The number of hydrogen-bond acceptors (Lipinski definition) is 4. The third-order valence-electron chi connectivity index (χ3n) is 1.46. The van der Waals surface area contributed by atoms with Crippen molar-refractivity contribution in [1.29, 1.82) is 0 Å². The molecule has 0 saturated heterocycles. The van der Waals surface area contributed by atoms with E-state index in [1.165, 1.54) is 12.1 Å². The van der Waals surface area contributed by atoms with Crippen LogP contribution in [0.1, 0.15) is 0 Å². The molecule has 0 atom stereocenters. The van der Waals surface area contributed by atoms with Gasteiger partial charge in [-0.3, -0.25) is 4.79 Å². The van der Waals surface area contributed by atoms with E-state index >= 15 is 0 Å². The van der Waals surface area contributed by atoms with Gasteiger partial charge >= 0.3 is 12.3 Å². The molecule has 0 amide bonds. The minimum Gasteiger partial charge on any atom is -0.426 e. The van der Waals surface area contributed by atoms with Gasteiger partial charge in [-0.05, 0) is 24.3 Å². The predicted octanol–water partition coefficient (Wildman–Crippen LogP) is 1.87. The number of esters is 1. The third-order valence-corrected chi connectivity index (χ3v) is 1.46. The molecule has 0 aliphatic heterocycles. The molecule has 0 radical (unpaired) electrons. The highest BCUT2D eigenvalue weighted by atomic mass is 35.5. The van der Waals surface area contributed by atoms with E-state index in [9.17, 15) is 18.0 Å². The Labute approximate surface area is 101 Å². The molecular weight excluding hydrogens is 263 g/mol. The average molecular weight is 272 g/mol. The number of hydrogen-bond donors (Lipinski definition) is 1. The van der Waals surface area contributed by atoms with Crippen molar-refractivity contribution in [2.24, 2.45) is 5.73 Å². The van der Waals surface area contributed by atoms with Gasteiger partial charge in [0.2, 0.25) is 0 Å². The second-order valence-electron chi connectivity index (χ2n) is 2.70. The zero-order chi connectivity index (χ0) is 12.2. The van der Waals surface area contributed by atoms with Gasteiger partial charge in [-0.25, -0.2) is 0 Å². The van der Waals surface area contributed by atoms with Gasteiger partial charge in [0.05, 0.1) is 6.54 Å². The maximum Gasteiger partial charge on any atom is 0.573 e. The van der Waals surface area contributed by atoms with Crippen molar-refractivity contribution in [1.82, 2.24) is 0 Å². The van der Waals surface area contributed by atoms with Crippen LogP contribution in [-0.4, -0.2) is 18.9 Å². The summed E-state index contributed by atoms with van der Waals surface area (Å²) in [5.74, 6) is -0.963. The van der Waals surface area contributed by atoms with E-state index in [4.69, 9.17) is 5.73 Å². The summed E-state index contributed by atoms with van der Waals surface area (Å²) in [6.07, 6.45) is -4.74. The Balaban J connectivity index is 0.00000256. The van der Waals surface area contributed by atoms with Crippen LogP contribution in [0.3, 0.4) is 0 Å². The summed E-state index contributed by atoms with van der Waals surface area (Å²) < 4.78 is 43.6. The van der Waals surface area contributed by atoms with E-state index in [-0.39, 0.29) is 30.5 Å². The van der Waals surface area contributed by atoms with Gasteiger partial charge in [-0.1, -0.05) is 0 Å². The zero-order valence-corrected chi connectivity index (χ0v) is 9.18. The molecule has 0 aliphatic carbocycles. The summed E-state index contributed by atoms with van der Waals surface area (Å²) in [6.45, 7) is -0.305. The molecule has 0 fully saturated rings. The van der Waals surface area contributed by atoms with Gasteiger partial charge in [-0.2, -0.15) is 0 Å². The predicted molar refractivity (Wildman–Crippen MR) is 55.1 cm³/mol. The lowest BCUT2D eigenvalue weighted by Gasteiger charge is -2.09. The third kappa shape index (κ3) is 5.98. The first kappa shape index (κ1) is 15.5. The van der Waals surface area contributed by atoms with Crippen LogP contribution >= 0.6 is 12.4 Å². The number of ether oxygens (including phenoxy) is 2. The van der Waals surface area contributed by atoms with E-state index in [1.807, 2.05) is 0 Å². The second-order valence-corrected chi connectivity index (χ2v) is 2.70. The molecule has 0 bridgehead atoms. The monoisotopic (exact) mass is 271 g/mol. The first-order chi connectivity index (χ1) is 7.40. The molecule has 17 heavy (non-hydrogen) atoms. The number of alkyl halides is 3. The van der Waals surface area contributed by atoms with Crippen molar-refractivity contribution >= 4 is 18.4 Å². The van der Waals surface area contributed by atoms with Crippen molar-refractivity contribution in [3.8, 4) is 11.5 Å². The number of nitrogens with two attached hydrogens (primary N) is 1. The molecule has 0 aliphatic rings. The maximum absolute atomic E-state index is 11.8. The first-order valence-electron chi connectivity index (χ1n) is 4.17. The molecule has 1 rings (SSSR count). The Morgan fingerprint density at radius 3 is 2.06 bits per heavy atom. The van der Waals surface area contributed by atoms with Crippen LogP contribution in [0.2, 0.25) is 0 Å². The fraction of sp³-hybridized carbons (Fsp3) is 0.222. The Morgan fingerprint density at radius 2 is 1.65 bits per heavy atom. The molecule has 0 spiro atoms. The zero-order valence-electron chi connectivity index (χ0n) is 8.36. The second kappa shape index (κ2) is 6.31. The highest BCUT2D eigenvalue weighted by molar-refractivity contribution is 5.85. The lowest BCUT2D eigenvalue weighted by Crippen LogP contribution is -2.19. The molecule has 0 saturated carbocycles. The molecule has 0 unspecified atom stereocenters. The number of rotatable bonds is 3. The quantitative estimate of drug-likeness (QED) is 0.673. The Bertz CT molecular complexity index is 367. The fourth-order valence-corrected chi connectivity index (χ4v) is 0.882. The fourth-order valence-electron chi connectivity index (χ4n) is 0.882. The number of halogens is 4. The average Bonchev–Trinajstić information content (AvgIpc) is 2.18. The smallest absolute Gasteiger partial charge is 0.426 e. The Kier molecular flexibility index (Phi) is 5.77. The van der Waals surface area contributed by atoms with Gasteiger partial charge in [0.15, 0.2) is 0 Å². The summed E-state index contributed by atoms with van der Waals surface area (Å²) in [7, 11) is 0. The number of carbonyl (C=O) groups excluding carboxylic acids is 1. The van der Waals surface area contributed by atoms with Crippen LogP contribution in [0.5, 0.6) is 11.5 Å². The van der Waals surface area contributed by atoms with Gasteiger partial charge in [0, 0.05) is 0 Å². The van der Waals surface area contributed by atoms with Crippen molar-refractivity contribution in [3.63, 3.8) is 0 Å². The molecular formula is C9H9ClF3NO3. The van der Waals surface area contributed by atoms with Crippen LogP contribution < -0.4 is 15.2 Å². The lowest BCUT2D eigenvalue weighted by atomic mass is 10.3. The molecule has 4 nitrogen and oxygen atoms in total. The van der Waals surface area contributed by atoms with E-state index in [2.05, 4.69) is 9.47 Å². The van der Waals surface area contributed by atoms with Gasteiger partial charge in [0.25, 0.3) is 0 Å². The molecule has 1 aromatic rings. The van der Waals surface area contributed by atoms with Crippen molar-refractivity contribution in [2.45, 2.75) is 6.36 Å². The van der Waals surface area contributed by atoms with E-state index in [0.717, 1.165) is 12.1 Å². The van der Waals surface area contributed by atoms with Crippen LogP contribution in [-0.2, 0) is 4.79 Å². The summed E-state index contributed by atoms with van der Waals surface area (Å²) in [5, 5.41) is 0. The molecule has 96 valence electrons. The minimum absolute atomic E-state index is 0. The van der Waals surface area contributed by atoms with Crippen molar-refractivity contribution in [2.75, 3.05) is 6.54 Å². The minimum atomic E-state index is -4.74. The van der Waals surface area contributed by atoms with Crippen LogP contribution in [0.4, 0.5) is 13.2 Å². The standard InChI is InChI=1S/C9H8F3NO3.ClH/c10-9(11,12)16-7-3-1-6(2-4-7)15-8(14)5-13;/h1-4H,5,13H2;1H. The SMILES string of the molecule is Cl.NCC(=O)Oc1ccc(OC(F)(F)F)cc1. The maximum atomic E-state index is 11.8. The topological polar surface area (TPSA) is 61.6 Å². The highest BCUT2D eigenvalue weighted by Gasteiger charge is 2.30. The highest BCUT2D eigenvalue weighted by Crippen LogP contribution is 2.24. The van der Waals surface area contributed by atoms with Crippen molar-refractivity contribution in [3.05, 3.63) is 24.3 Å². The van der Waals surface area contributed by atoms with Crippen LogP contribution in [0.15, 0.2) is 24.3 Å². The summed E-state index contributed by atoms with van der Waals surface area (Å²) in [4.78, 5) is 10.7. The largest absolute Gasteiger partial charge is 0.573 e. The Morgan fingerprint density at radius 1 is 1.18 bits per heavy atom. The molecule has 2 N–H and O–H groups in total. The molecule has 0 aromatic heterocycles.